The normalized spacial score (nSPS) is 22.3. The molecule has 0 saturated carbocycles. The van der Waals surface area contributed by atoms with Crippen LogP contribution in [0.4, 0.5) is 19.4 Å². The quantitative estimate of drug-likeness (QED) is 0.564. The van der Waals surface area contributed by atoms with Crippen LogP contribution in [-0.4, -0.2) is 68.6 Å². The number of hydrogen-bond donors (Lipinski definition) is 2. The number of halogens is 2. The molecule has 0 aliphatic carbocycles. The van der Waals surface area contributed by atoms with Gasteiger partial charge in [-0.25, -0.2) is 23.5 Å². The van der Waals surface area contributed by atoms with Gasteiger partial charge in [0.05, 0.1) is 11.6 Å². The van der Waals surface area contributed by atoms with Crippen LogP contribution >= 0.6 is 11.3 Å². The first kappa shape index (κ1) is 22.0. The minimum atomic E-state index is -0.766. The second-order valence-corrected chi connectivity index (χ2v) is 9.83. The van der Waals surface area contributed by atoms with Crippen LogP contribution in [-0.2, 0) is 0 Å². The van der Waals surface area contributed by atoms with Crippen molar-refractivity contribution < 1.29 is 13.6 Å². The van der Waals surface area contributed by atoms with Crippen LogP contribution < -0.4 is 10.6 Å². The van der Waals surface area contributed by atoms with Gasteiger partial charge in [0.25, 0.3) is 0 Å². The number of aromatic nitrogens is 4. The van der Waals surface area contributed by atoms with Gasteiger partial charge in [0.1, 0.15) is 29.9 Å². The van der Waals surface area contributed by atoms with Gasteiger partial charge in [-0.3, -0.25) is 5.32 Å². The fraction of sp³-hybridized carbons (Fsp3) is 0.500. The second-order valence-electron chi connectivity index (χ2n) is 8.65. The molecular formula is C22H25F2N7OS. The lowest BCUT2D eigenvalue weighted by atomic mass is 9.97. The average Bonchev–Trinajstić information content (AvgIpc) is 3.37. The number of urea groups is 1. The van der Waals surface area contributed by atoms with Crippen molar-refractivity contribution in [2.45, 2.75) is 56.8 Å². The molecule has 174 valence electrons. The SMILES string of the molecule is Cc1nnc(-c2ccc3cnc(NC(=O)N4[C@@H]5CC[C@H]4C[C@H](NC(CF)CF)C5)cc3n2)s1. The van der Waals surface area contributed by atoms with Crippen molar-refractivity contribution in [3.05, 3.63) is 29.4 Å². The summed E-state index contributed by atoms with van der Waals surface area (Å²) in [6.45, 7) is 0.440. The van der Waals surface area contributed by atoms with Crippen LogP contribution in [0.5, 0.6) is 0 Å². The fourth-order valence-corrected chi connectivity index (χ4v) is 5.55. The number of piperidine rings is 1. The molecule has 2 aliphatic rings. The highest BCUT2D eigenvalue weighted by molar-refractivity contribution is 7.14. The smallest absolute Gasteiger partial charge is 0.318 e. The lowest BCUT2D eigenvalue weighted by Gasteiger charge is -2.39. The van der Waals surface area contributed by atoms with E-state index in [1.54, 1.807) is 12.3 Å². The number of nitrogens with zero attached hydrogens (tertiary/aromatic N) is 5. The van der Waals surface area contributed by atoms with E-state index in [2.05, 4.69) is 30.8 Å². The molecule has 5 rings (SSSR count). The van der Waals surface area contributed by atoms with E-state index < -0.39 is 19.4 Å². The van der Waals surface area contributed by atoms with Gasteiger partial charge in [-0.1, -0.05) is 11.3 Å². The summed E-state index contributed by atoms with van der Waals surface area (Å²) in [4.78, 5) is 24.0. The van der Waals surface area contributed by atoms with Gasteiger partial charge in [0.15, 0.2) is 5.01 Å². The zero-order chi connectivity index (χ0) is 22.9. The molecular weight excluding hydrogens is 448 g/mol. The molecule has 2 bridgehead atoms. The number of carbonyl (C=O) groups is 1. The lowest BCUT2D eigenvalue weighted by Crippen LogP contribution is -2.54. The highest BCUT2D eigenvalue weighted by Crippen LogP contribution is 2.36. The number of amides is 2. The van der Waals surface area contributed by atoms with Crippen molar-refractivity contribution in [1.29, 1.82) is 0 Å². The topological polar surface area (TPSA) is 95.9 Å². The maximum absolute atomic E-state index is 13.1. The van der Waals surface area contributed by atoms with Gasteiger partial charge in [-0.05, 0) is 44.7 Å². The van der Waals surface area contributed by atoms with Crippen molar-refractivity contribution in [2.24, 2.45) is 0 Å². The van der Waals surface area contributed by atoms with Gasteiger partial charge in [-0.15, -0.1) is 10.2 Å². The molecule has 8 nitrogen and oxygen atoms in total. The Hall–Kier alpha value is -2.79. The Labute approximate surface area is 193 Å². The molecule has 11 heteroatoms. The van der Waals surface area contributed by atoms with Gasteiger partial charge >= 0.3 is 6.03 Å². The lowest BCUT2D eigenvalue weighted by molar-refractivity contribution is 0.133. The molecule has 0 aromatic carbocycles. The van der Waals surface area contributed by atoms with Crippen molar-refractivity contribution in [3.63, 3.8) is 0 Å². The standard InChI is InChI=1S/C22H25F2N7OS/c1-12-29-30-21(33-12)18-5-2-13-11-25-20(8-19(13)27-18)28-22(32)31-16-3-4-17(31)7-14(6-16)26-15(9-23)10-24/h2,5,8,11,14-17,26H,3-4,6-7,9-10H2,1H3,(H,25,28,32)/t14-,16-,17+. The number of pyridine rings is 2. The Bertz CT molecular complexity index is 1140. The molecule has 2 amide bonds. The first-order valence-electron chi connectivity index (χ1n) is 11.1. The second kappa shape index (κ2) is 9.22. The Morgan fingerprint density at radius 3 is 2.64 bits per heavy atom. The summed E-state index contributed by atoms with van der Waals surface area (Å²) in [5, 5.41) is 16.7. The number of anilines is 1. The van der Waals surface area contributed by atoms with Crippen LogP contribution in [0.3, 0.4) is 0 Å². The molecule has 3 atom stereocenters. The number of hydrogen-bond acceptors (Lipinski definition) is 7. The predicted octanol–water partition coefficient (Wildman–Crippen LogP) is 3.88. The molecule has 3 aromatic heterocycles. The molecule has 5 heterocycles. The summed E-state index contributed by atoms with van der Waals surface area (Å²) < 4.78 is 25.8. The molecule has 2 N–H and O–H groups in total. The van der Waals surface area contributed by atoms with Crippen molar-refractivity contribution in [3.8, 4) is 10.7 Å². The van der Waals surface area contributed by atoms with Crippen LogP contribution in [0.2, 0.25) is 0 Å². The van der Waals surface area contributed by atoms with E-state index >= 15 is 0 Å². The average molecular weight is 474 g/mol. The van der Waals surface area contributed by atoms with Crippen LogP contribution in [0, 0.1) is 6.92 Å². The first-order valence-corrected chi connectivity index (χ1v) is 11.9. The van der Waals surface area contributed by atoms with E-state index in [0.29, 0.717) is 24.2 Å². The molecule has 33 heavy (non-hydrogen) atoms. The van der Waals surface area contributed by atoms with Gasteiger partial charge in [0, 0.05) is 35.8 Å². The third-order valence-electron chi connectivity index (χ3n) is 6.37. The molecule has 0 radical (unpaired) electrons. The van der Waals surface area contributed by atoms with E-state index in [0.717, 1.165) is 33.9 Å². The maximum Gasteiger partial charge on any atom is 0.323 e. The molecule has 0 spiro atoms. The number of carbonyl (C=O) groups excluding carboxylic acids is 1. The van der Waals surface area contributed by atoms with E-state index in [1.165, 1.54) is 11.3 Å². The third-order valence-corrected chi connectivity index (χ3v) is 7.23. The molecule has 3 aromatic rings. The summed E-state index contributed by atoms with van der Waals surface area (Å²) in [6.07, 6.45) is 4.86. The summed E-state index contributed by atoms with van der Waals surface area (Å²) in [5.41, 5.74) is 1.43. The Morgan fingerprint density at radius 1 is 1.21 bits per heavy atom. The minimum absolute atomic E-state index is 0.0217. The largest absolute Gasteiger partial charge is 0.323 e. The monoisotopic (exact) mass is 473 g/mol. The van der Waals surface area contributed by atoms with Crippen molar-refractivity contribution in [1.82, 2.24) is 30.4 Å². The molecule has 0 unspecified atom stereocenters. The van der Waals surface area contributed by atoms with Gasteiger partial charge in [-0.2, -0.15) is 0 Å². The number of alkyl halides is 2. The van der Waals surface area contributed by atoms with E-state index in [9.17, 15) is 13.6 Å². The summed E-state index contributed by atoms with van der Waals surface area (Å²) in [6, 6.07) is 4.72. The number of nitrogens with one attached hydrogen (secondary N) is 2. The zero-order valence-corrected chi connectivity index (χ0v) is 19.0. The van der Waals surface area contributed by atoms with E-state index in [-0.39, 0.29) is 24.2 Å². The van der Waals surface area contributed by atoms with Crippen LogP contribution in [0.25, 0.3) is 21.6 Å². The zero-order valence-electron chi connectivity index (χ0n) is 18.2. The third kappa shape index (κ3) is 4.51. The number of fused-ring (bicyclic) bond motifs is 3. The molecule has 2 fully saturated rings. The highest BCUT2D eigenvalue weighted by atomic mass is 32.1. The Kier molecular flexibility index (Phi) is 6.15. The van der Waals surface area contributed by atoms with Gasteiger partial charge in [0.2, 0.25) is 0 Å². The van der Waals surface area contributed by atoms with Crippen molar-refractivity contribution in [2.75, 3.05) is 18.7 Å². The maximum atomic E-state index is 13.1. The van der Waals surface area contributed by atoms with E-state index in [4.69, 9.17) is 0 Å². The number of rotatable bonds is 6. The van der Waals surface area contributed by atoms with Crippen LogP contribution in [0.1, 0.15) is 30.7 Å². The Balaban J connectivity index is 1.29. The van der Waals surface area contributed by atoms with Gasteiger partial charge < -0.3 is 10.2 Å². The number of aryl methyl sites for hydroxylation is 1. The van der Waals surface area contributed by atoms with Crippen molar-refractivity contribution >= 4 is 34.1 Å². The minimum Gasteiger partial charge on any atom is -0.318 e. The summed E-state index contributed by atoms with van der Waals surface area (Å²) in [7, 11) is 0. The summed E-state index contributed by atoms with van der Waals surface area (Å²) in [5.74, 6) is 0.431. The fourth-order valence-electron chi connectivity index (χ4n) is 4.89. The predicted molar refractivity (Wildman–Crippen MR) is 123 cm³/mol. The summed E-state index contributed by atoms with van der Waals surface area (Å²) >= 11 is 1.47. The molecule has 2 saturated heterocycles. The highest BCUT2D eigenvalue weighted by Gasteiger charge is 2.43. The first-order chi connectivity index (χ1) is 16.0. The Morgan fingerprint density at radius 2 is 1.97 bits per heavy atom. The van der Waals surface area contributed by atoms with E-state index in [1.807, 2.05) is 24.0 Å². The molecule has 2 aliphatic heterocycles. The van der Waals surface area contributed by atoms with Crippen LogP contribution in [0.15, 0.2) is 24.4 Å².